The molecule has 8 heteroatoms. The molecule has 26 heavy (non-hydrogen) atoms. The molecule has 0 radical (unpaired) electrons. The topological polar surface area (TPSA) is 61.9 Å². The van der Waals surface area contributed by atoms with Crippen LogP contribution >= 0.6 is 0 Å². The average molecular weight is 379 g/mol. The first-order chi connectivity index (χ1) is 12.9. The van der Waals surface area contributed by atoms with Crippen LogP contribution in [0.15, 0.2) is 0 Å². The maximum absolute atomic E-state index is 5.68. The van der Waals surface area contributed by atoms with Gasteiger partial charge in [0.15, 0.2) is 0 Å². The first-order valence-electron chi connectivity index (χ1n) is 9.60. The summed E-state index contributed by atoms with van der Waals surface area (Å²) in [4.78, 5) is 4.59. The molecule has 8 nitrogen and oxygen atoms in total. The Bertz CT molecular complexity index is 251. The van der Waals surface area contributed by atoms with E-state index in [4.69, 9.17) is 28.4 Å². The summed E-state index contributed by atoms with van der Waals surface area (Å²) in [7, 11) is 3.45. The molecule has 1 aliphatic rings. The van der Waals surface area contributed by atoms with Crippen molar-refractivity contribution >= 4 is 0 Å². The highest BCUT2D eigenvalue weighted by Crippen LogP contribution is 1.94. The molecule has 1 aliphatic heterocycles. The molecule has 0 saturated carbocycles. The molecule has 0 unspecified atom stereocenters. The van der Waals surface area contributed by atoms with Crippen LogP contribution in [0.3, 0.4) is 0 Å². The summed E-state index contributed by atoms with van der Waals surface area (Å²) < 4.78 is 33.1. The van der Waals surface area contributed by atoms with Gasteiger partial charge in [0.2, 0.25) is 0 Å². The van der Waals surface area contributed by atoms with E-state index >= 15 is 0 Å². The summed E-state index contributed by atoms with van der Waals surface area (Å²) in [5.74, 6) is 0. The van der Waals surface area contributed by atoms with Gasteiger partial charge in [0.25, 0.3) is 0 Å². The second-order valence-electron chi connectivity index (χ2n) is 6.12. The fourth-order valence-corrected chi connectivity index (χ4v) is 2.53. The Morgan fingerprint density at radius 1 is 0.538 bits per heavy atom. The van der Waals surface area contributed by atoms with E-state index in [1.54, 1.807) is 14.2 Å². The van der Waals surface area contributed by atoms with E-state index in [0.29, 0.717) is 66.1 Å². The summed E-state index contributed by atoms with van der Waals surface area (Å²) in [6.07, 6.45) is 0. The highest BCUT2D eigenvalue weighted by molar-refractivity contribution is 4.58. The van der Waals surface area contributed by atoms with Crippen molar-refractivity contribution in [2.24, 2.45) is 0 Å². The molecule has 0 bridgehead atoms. The van der Waals surface area contributed by atoms with Crippen molar-refractivity contribution < 1.29 is 28.4 Å². The zero-order chi connectivity index (χ0) is 18.7. The van der Waals surface area contributed by atoms with Crippen LogP contribution in [-0.4, -0.2) is 129 Å². The van der Waals surface area contributed by atoms with Crippen molar-refractivity contribution in [2.75, 3.05) is 120 Å². The Morgan fingerprint density at radius 3 is 1.12 bits per heavy atom. The highest BCUT2D eigenvalue weighted by Gasteiger charge is 2.07. The predicted octanol–water partition coefficient (Wildman–Crippen LogP) is -0.0368. The van der Waals surface area contributed by atoms with E-state index < -0.39 is 0 Å². The fraction of sp³-hybridized carbons (Fsp3) is 1.00. The molecule has 0 aromatic heterocycles. The quantitative estimate of drug-likeness (QED) is 0.638. The minimum Gasteiger partial charge on any atom is -0.383 e. The second-order valence-corrected chi connectivity index (χ2v) is 6.12. The third-order valence-corrected chi connectivity index (χ3v) is 4.17. The molecule has 1 heterocycles. The summed E-state index contributed by atoms with van der Waals surface area (Å²) in [5.41, 5.74) is 0. The molecular weight excluding hydrogens is 340 g/mol. The van der Waals surface area contributed by atoms with Crippen LogP contribution in [0, 0.1) is 0 Å². The van der Waals surface area contributed by atoms with Crippen LogP contribution in [0.5, 0.6) is 0 Å². The standard InChI is InChI=1S/C18H38N2O6/c1-21-9-3-19-5-11-23-15-17-25-13-7-20(4-10-22-2)8-14-26-18-16-24-12-6-19/h3-18H2,1-2H3. The summed E-state index contributed by atoms with van der Waals surface area (Å²) >= 11 is 0. The molecule has 1 saturated heterocycles. The number of rotatable bonds is 6. The number of hydrogen-bond donors (Lipinski definition) is 0. The Morgan fingerprint density at radius 2 is 0.846 bits per heavy atom. The van der Waals surface area contributed by atoms with Gasteiger partial charge in [-0.15, -0.1) is 0 Å². The highest BCUT2D eigenvalue weighted by atomic mass is 16.5. The molecule has 0 atom stereocenters. The lowest BCUT2D eigenvalue weighted by Crippen LogP contribution is -2.35. The molecule has 0 amide bonds. The molecule has 0 aromatic carbocycles. The van der Waals surface area contributed by atoms with Gasteiger partial charge in [-0.2, -0.15) is 0 Å². The number of methoxy groups -OCH3 is 2. The molecule has 0 aliphatic carbocycles. The van der Waals surface area contributed by atoms with Crippen LogP contribution in [0.25, 0.3) is 0 Å². The van der Waals surface area contributed by atoms with Crippen LogP contribution in [0.2, 0.25) is 0 Å². The molecule has 1 fully saturated rings. The molecule has 0 N–H and O–H groups in total. The van der Waals surface area contributed by atoms with Gasteiger partial charge in [0, 0.05) is 53.5 Å². The monoisotopic (exact) mass is 378 g/mol. The van der Waals surface area contributed by atoms with E-state index in [1.807, 2.05) is 0 Å². The smallest absolute Gasteiger partial charge is 0.0701 e. The minimum absolute atomic E-state index is 0.621. The SMILES string of the molecule is COCCN1CCOCCOCCN(CCOC)CCOCCOCC1. The molecule has 1 rings (SSSR count). The normalized spacial score (nSPS) is 21.9. The van der Waals surface area contributed by atoms with Crippen LogP contribution in [-0.2, 0) is 28.4 Å². The van der Waals surface area contributed by atoms with E-state index in [1.165, 1.54) is 0 Å². The van der Waals surface area contributed by atoms with E-state index in [0.717, 1.165) is 39.3 Å². The van der Waals surface area contributed by atoms with Gasteiger partial charge in [-0.3, -0.25) is 9.80 Å². The fourth-order valence-electron chi connectivity index (χ4n) is 2.53. The van der Waals surface area contributed by atoms with Gasteiger partial charge in [-0.25, -0.2) is 0 Å². The van der Waals surface area contributed by atoms with Crippen molar-refractivity contribution in [1.29, 1.82) is 0 Å². The lowest BCUT2D eigenvalue weighted by atomic mass is 10.4. The minimum atomic E-state index is 0.621. The van der Waals surface area contributed by atoms with E-state index in [2.05, 4.69) is 9.80 Å². The van der Waals surface area contributed by atoms with Crippen molar-refractivity contribution in [3.05, 3.63) is 0 Å². The maximum Gasteiger partial charge on any atom is 0.0701 e. The lowest BCUT2D eigenvalue weighted by molar-refractivity contribution is 0.00328. The van der Waals surface area contributed by atoms with Gasteiger partial charge < -0.3 is 28.4 Å². The molecule has 0 aromatic rings. The first-order valence-corrected chi connectivity index (χ1v) is 9.60. The maximum atomic E-state index is 5.68. The Labute approximate surface area is 158 Å². The van der Waals surface area contributed by atoms with Crippen molar-refractivity contribution in [2.45, 2.75) is 0 Å². The van der Waals surface area contributed by atoms with Gasteiger partial charge in [0.05, 0.1) is 66.1 Å². The second kappa shape index (κ2) is 18.1. The van der Waals surface area contributed by atoms with Crippen LogP contribution < -0.4 is 0 Å². The molecule has 156 valence electrons. The van der Waals surface area contributed by atoms with Crippen LogP contribution in [0.1, 0.15) is 0 Å². The predicted molar refractivity (Wildman–Crippen MR) is 99.9 cm³/mol. The largest absolute Gasteiger partial charge is 0.383 e. The molecule has 0 spiro atoms. The lowest BCUT2D eigenvalue weighted by Gasteiger charge is -2.23. The zero-order valence-corrected chi connectivity index (χ0v) is 16.7. The third-order valence-electron chi connectivity index (χ3n) is 4.17. The van der Waals surface area contributed by atoms with E-state index in [9.17, 15) is 0 Å². The van der Waals surface area contributed by atoms with Gasteiger partial charge in [-0.05, 0) is 0 Å². The van der Waals surface area contributed by atoms with Crippen molar-refractivity contribution in [3.63, 3.8) is 0 Å². The summed E-state index contributed by atoms with van der Waals surface area (Å²) in [6, 6.07) is 0. The third kappa shape index (κ3) is 13.8. The van der Waals surface area contributed by atoms with Crippen molar-refractivity contribution in [3.8, 4) is 0 Å². The van der Waals surface area contributed by atoms with Crippen LogP contribution in [0.4, 0.5) is 0 Å². The Hall–Kier alpha value is -0.320. The summed E-state index contributed by atoms with van der Waals surface area (Å²) in [5, 5.41) is 0. The molecular formula is C18H38N2O6. The van der Waals surface area contributed by atoms with E-state index in [-0.39, 0.29) is 0 Å². The van der Waals surface area contributed by atoms with Crippen molar-refractivity contribution in [1.82, 2.24) is 9.80 Å². The Balaban J connectivity index is 2.31. The first kappa shape index (κ1) is 23.7. The zero-order valence-electron chi connectivity index (χ0n) is 16.7. The van der Waals surface area contributed by atoms with Gasteiger partial charge in [-0.1, -0.05) is 0 Å². The number of nitrogens with zero attached hydrogens (tertiary/aromatic N) is 2. The average Bonchev–Trinajstić information content (AvgIpc) is 2.65. The summed E-state index contributed by atoms with van der Waals surface area (Å²) in [6.45, 7) is 11.9. The van der Waals surface area contributed by atoms with Gasteiger partial charge in [0.1, 0.15) is 0 Å². The van der Waals surface area contributed by atoms with Gasteiger partial charge >= 0.3 is 0 Å². The number of ether oxygens (including phenoxy) is 6. The number of hydrogen-bond acceptors (Lipinski definition) is 8. The Kier molecular flexibility index (Phi) is 16.5.